The van der Waals surface area contributed by atoms with Gasteiger partial charge in [-0.1, -0.05) is 6.07 Å². The number of amides is 1. The van der Waals surface area contributed by atoms with Gasteiger partial charge in [-0.15, -0.1) is 0 Å². The van der Waals surface area contributed by atoms with Crippen molar-refractivity contribution in [1.82, 2.24) is 4.90 Å². The summed E-state index contributed by atoms with van der Waals surface area (Å²) in [5.74, 6) is -13.4. The van der Waals surface area contributed by atoms with Crippen LogP contribution in [0.4, 0.5) is 8.78 Å². The van der Waals surface area contributed by atoms with Gasteiger partial charge >= 0.3 is 0 Å². The summed E-state index contributed by atoms with van der Waals surface area (Å²) in [7, 11) is 2.98. The zero-order chi connectivity index (χ0) is 27.8. The number of Topliss-reactive ketones (excluding diaryl/α,β-unsaturated/α-hetero) is 4. The summed E-state index contributed by atoms with van der Waals surface area (Å²) in [5.41, 5.74) is 2.86. The van der Waals surface area contributed by atoms with Gasteiger partial charge in [0, 0.05) is 12.0 Å². The number of rotatable bonds is 3. The molecule has 0 spiro atoms. The SMILES string of the molecule is CN(C)C1C(=O)C(C(N)=O)C(=O)C2(O)C(=O)C3C(=O)c4c(O)ccc(-c5cc(F)cc(F)c5)c4CC3CC12. The molecular weight excluding hydrogens is 502 g/mol. The van der Waals surface area contributed by atoms with Crippen molar-refractivity contribution in [3.05, 3.63) is 53.1 Å². The van der Waals surface area contributed by atoms with E-state index in [0.29, 0.717) is 6.07 Å². The number of fused-ring (bicyclic) bond motifs is 3. The smallest absolute Gasteiger partial charge is 0.235 e. The summed E-state index contributed by atoms with van der Waals surface area (Å²) in [6.07, 6.45) is -0.149. The van der Waals surface area contributed by atoms with E-state index in [1.54, 1.807) is 0 Å². The van der Waals surface area contributed by atoms with Gasteiger partial charge in [-0.25, -0.2) is 8.78 Å². The standard InChI is InChI=1S/C27H24F2N2O7/c1-31(2)21-16-8-11-7-15-14(10-5-12(28)9-13(29)6-10)3-4-17(32)19(15)22(33)18(11)24(35)27(16,38)25(36)20(23(21)34)26(30)37/h3-6,9,11,16,18,20-21,32,38H,7-8H2,1-2H3,(H2,30,37). The first kappa shape index (κ1) is 25.8. The first-order valence-electron chi connectivity index (χ1n) is 11.9. The van der Waals surface area contributed by atoms with Crippen LogP contribution in [0.5, 0.6) is 5.75 Å². The van der Waals surface area contributed by atoms with E-state index in [2.05, 4.69) is 0 Å². The van der Waals surface area contributed by atoms with Gasteiger partial charge in [-0.3, -0.25) is 28.9 Å². The lowest BCUT2D eigenvalue weighted by Gasteiger charge is -2.52. The lowest BCUT2D eigenvalue weighted by atomic mass is 9.52. The van der Waals surface area contributed by atoms with E-state index in [-0.39, 0.29) is 35.1 Å². The van der Waals surface area contributed by atoms with E-state index in [1.807, 2.05) is 0 Å². The van der Waals surface area contributed by atoms with E-state index < -0.39 is 81.7 Å². The summed E-state index contributed by atoms with van der Waals surface area (Å²) in [6.45, 7) is 0. The molecule has 0 aliphatic heterocycles. The molecule has 1 amide bonds. The van der Waals surface area contributed by atoms with Crippen molar-refractivity contribution in [2.24, 2.45) is 29.4 Å². The number of phenolic OH excluding ortho intramolecular Hbond substituents is 1. The average Bonchev–Trinajstić information content (AvgIpc) is 2.80. The Labute approximate surface area is 215 Å². The molecule has 11 heteroatoms. The number of nitrogens with two attached hydrogens (primary N) is 1. The molecule has 2 aromatic carbocycles. The van der Waals surface area contributed by atoms with Gasteiger partial charge in [0.25, 0.3) is 0 Å². The third-order valence-corrected chi connectivity index (χ3v) is 8.12. The maximum absolute atomic E-state index is 14.0. The zero-order valence-electron chi connectivity index (χ0n) is 20.4. The van der Waals surface area contributed by atoms with E-state index >= 15 is 0 Å². The Kier molecular flexibility index (Phi) is 5.84. The predicted octanol–water partition coefficient (Wildman–Crippen LogP) is 0.812. The number of halogens is 2. The second-order valence-electron chi connectivity index (χ2n) is 10.4. The summed E-state index contributed by atoms with van der Waals surface area (Å²) in [6, 6.07) is 4.18. The maximum atomic E-state index is 14.0. The monoisotopic (exact) mass is 526 g/mol. The molecule has 38 heavy (non-hydrogen) atoms. The summed E-state index contributed by atoms with van der Waals surface area (Å²) < 4.78 is 28.0. The Bertz CT molecular complexity index is 1430. The normalized spacial score (nSPS) is 30.6. The molecule has 6 unspecified atom stereocenters. The molecule has 0 heterocycles. The molecule has 9 nitrogen and oxygen atoms in total. The van der Waals surface area contributed by atoms with Crippen LogP contribution in [0.3, 0.4) is 0 Å². The molecule has 5 rings (SSSR count). The van der Waals surface area contributed by atoms with Crippen LogP contribution in [0, 0.1) is 35.3 Å². The molecule has 2 aromatic rings. The number of hydrogen-bond acceptors (Lipinski definition) is 8. The molecule has 4 N–H and O–H groups in total. The minimum Gasteiger partial charge on any atom is -0.507 e. The fourth-order valence-corrected chi connectivity index (χ4v) is 6.58. The fourth-order valence-electron chi connectivity index (χ4n) is 6.58. The number of ketones is 4. The quantitative estimate of drug-likeness (QED) is 0.497. The number of likely N-dealkylation sites (N-methyl/N-ethyl adjacent to an activating group) is 1. The Hall–Kier alpha value is -3.83. The lowest BCUT2D eigenvalue weighted by Crippen LogP contribution is -2.74. The molecular formula is C27H24F2N2O7. The summed E-state index contributed by atoms with van der Waals surface area (Å²) >= 11 is 0. The van der Waals surface area contributed by atoms with Gasteiger partial charge in [-0.05, 0) is 67.7 Å². The van der Waals surface area contributed by atoms with Crippen LogP contribution < -0.4 is 5.73 Å². The van der Waals surface area contributed by atoms with Crippen LogP contribution in [0.25, 0.3) is 11.1 Å². The van der Waals surface area contributed by atoms with Crippen molar-refractivity contribution in [2.45, 2.75) is 24.5 Å². The highest BCUT2D eigenvalue weighted by Gasteiger charge is 2.69. The van der Waals surface area contributed by atoms with Crippen LogP contribution in [-0.4, -0.2) is 69.9 Å². The Morgan fingerprint density at radius 3 is 2.26 bits per heavy atom. The largest absolute Gasteiger partial charge is 0.507 e. The minimum atomic E-state index is -2.82. The van der Waals surface area contributed by atoms with E-state index in [1.165, 1.54) is 25.1 Å². The number of benzene rings is 2. The van der Waals surface area contributed by atoms with Crippen molar-refractivity contribution < 1.29 is 43.0 Å². The maximum Gasteiger partial charge on any atom is 0.235 e. The molecule has 6 atom stereocenters. The van der Waals surface area contributed by atoms with Gasteiger partial charge in [-0.2, -0.15) is 0 Å². The van der Waals surface area contributed by atoms with Gasteiger partial charge in [0.05, 0.1) is 17.5 Å². The fraction of sp³-hybridized carbons (Fsp3) is 0.370. The molecule has 0 aromatic heterocycles. The number of aromatic hydroxyl groups is 1. The van der Waals surface area contributed by atoms with Crippen molar-refractivity contribution >= 4 is 29.0 Å². The number of phenols is 1. The molecule has 0 bridgehead atoms. The first-order chi connectivity index (χ1) is 17.8. The summed E-state index contributed by atoms with van der Waals surface area (Å²) in [4.78, 5) is 67.3. The van der Waals surface area contributed by atoms with Crippen molar-refractivity contribution in [3.8, 4) is 16.9 Å². The molecule has 198 valence electrons. The number of carbonyl (C=O) groups excluding carboxylic acids is 5. The molecule has 2 fully saturated rings. The predicted molar refractivity (Wildman–Crippen MR) is 127 cm³/mol. The van der Waals surface area contributed by atoms with Crippen LogP contribution in [-0.2, 0) is 25.6 Å². The molecule has 0 saturated heterocycles. The molecule has 3 aliphatic carbocycles. The number of primary amides is 1. The molecule has 2 saturated carbocycles. The zero-order valence-corrected chi connectivity index (χ0v) is 20.4. The highest BCUT2D eigenvalue weighted by molar-refractivity contribution is 6.32. The average molecular weight is 526 g/mol. The number of hydrogen-bond donors (Lipinski definition) is 3. The van der Waals surface area contributed by atoms with Crippen LogP contribution >= 0.6 is 0 Å². The van der Waals surface area contributed by atoms with Gasteiger partial charge in [0.15, 0.2) is 34.7 Å². The topological polar surface area (TPSA) is 155 Å². The summed E-state index contributed by atoms with van der Waals surface area (Å²) in [5, 5.41) is 22.1. The highest BCUT2D eigenvalue weighted by Crippen LogP contribution is 2.51. The second kappa shape index (κ2) is 8.60. The number of nitrogens with zero attached hydrogens (tertiary/aromatic N) is 1. The molecule has 3 aliphatic rings. The Morgan fingerprint density at radius 1 is 1.05 bits per heavy atom. The van der Waals surface area contributed by atoms with Crippen molar-refractivity contribution in [3.63, 3.8) is 0 Å². The number of aliphatic hydroxyl groups is 1. The van der Waals surface area contributed by atoms with Gasteiger partial charge in [0.2, 0.25) is 5.91 Å². The second-order valence-corrected chi connectivity index (χ2v) is 10.4. The van der Waals surface area contributed by atoms with Crippen LogP contribution in [0.15, 0.2) is 30.3 Å². The number of carbonyl (C=O) groups is 5. The van der Waals surface area contributed by atoms with Gasteiger partial charge < -0.3 is 15.9 Å². The van der Waals surface area contributed by atoms with Gasteiger partial charge in [0.1, 0.15) is 17.4 Å². The molecule has 0 radical (unpaired) electrons. The van der Waals surface area contributed by atoms with Crippen LogP contribution in [0.1, 0.15) is 22.3 Å². The van der Waals surface area contributed by atoms with Crippen molar-refractivity contribution in [1.29, 1.82) is 0 Å². The first-order valence-corrected chi connectivity index (χ1v) is 11.9. The Morgan fingerprint density at radius 2 is 1.68 bits per heavy atom. The van der Waals surface area contributed by atoms with Crippen molar-refractivity contribution in [2.75, 3.05) is 14.1 Å². The van der Waals surface area contributed by atoms with E-state index in [9.17, 15) is 43.0 Å². The lowest BCUT2D eigenvalue weighted by molar-refractivity contribution is -0.181. The van der Waals surface area contributed by atoms with E-state index in [0.717, 1.165) is 18.2 Å². The highest BCUT2D eigenvalue weighted by atomic mass is 19.1. The Balaban J connectivity index is 1.67. The van der Waals surface area contributed by atoms with Crippen LogP contribution in [0.2, 0.25) is 0 Å². The van der Waals surface area contributed by atoms with E-state index in [4.69, 9.17) is 5.73 Å². The third kappa shape index (κ3) is 3.45. The minimum absolute atomic E-state index is 0.0201. The third-order valence-electron chi connectivity index (χ3n) is 8.12.